The molecule has 0 aliphatic heterocycles. The van der Waals surface area contributed by atoms with E-state index in [1.807, 2.05) is 0 Å². The van der Waals surface area contributed by atoms with E-state index < -0.39 is 47.2 Å². The van der Waals surface area contributed by atoms with E-state index in [0.717, 1.165) is 0 Å². The van der Waals surface area contributed by atoms with Crippen molar-refractivity contribution >= 4 is 23.5 Å². The van der Waals surface area contributed by atoms with E-state index in [1.165, 1.54) is 27.0 Å². The zero-order chi connectivity index (χ0) is 26.2. The monoisotopic (exact) mass is 492 g/mol. The Balaban J connectivity index is 2.23. The van der Waals surface area contributed by atoms with Crippen molar-refractivity contribution in [3.05, 3.63) is 66.0 Å². The minimum atomic E-state index is -5.20. The van der Waals surface area contributed by atoms with Crippen molar-refractivity contribution in [2.45, 2.75) is 52.0 Å². The molecule has 2 atom stereocenters. The fourth-order valence-electron chi connectivity index (χ4n) is 3.12. The molecule has 0 aliphatic rings. The Morgan fingerprint density at radius 1 is 0.914 bits per heavy atom. The van der Waals surface area contributed by atoms with Gasteiger partial charge in [-0.05, 0) is 23.1 Å². The third-order valence-corrected chi connectivity index (χ3v) is 4.96. The summed E-state index contributed by atoms with van der Waals surface area (Å²) in [6.45, 7) is 4.34. The number of nitrogens with one attached hydrogen (secondary N) is 3. The van der Waals surface area contributed by atoms with E-state index in [4.69, 9.17) is 0 Å². The maximum absolute atomic E-state index is 13.0. The number of alkyl halides is 3. The molecule has 0 saturated heterocycles. The number of Topliss-reactive ketones (excluding diaryl/α,β-unsaturated/α-hetero) is 1. The van der Waals surface area contributed by atoms with Gasteiger partial charge in [0, 0.05) is 12.6 Å². The summed E-state index contributed by atoms with van der Waals surface area (Å²) in [6.07, 6.45) is -3.77. The topological polar surface area (TPSA) is 117 Å². The molecular formula is C24H27F3N4O4. The number of pyridine rings is 1. The van der Waals surface area contributed by atoms with Gasteiger partial charge in [-0.15, -0.1) is 0 Å². The first kappa shape index (κ1) is 27.5. The lowest BCUT2D eigenvalue weighted by Crippen LogP contribution is -2.59. The zero-order valence-electron chi connectivity index (χ0n) is 19.5. The molecule has 11 heteroatoms. The van der Waals surface area contributed by atoms with E-state index in [9.17, 15) is 32.3 Å². The van der Waals surface area contributed by atoms with Crippen LogP contribution in [0.15, 0.2) is 54.7 Å². The van der Waals surface area contributed by atoms with Crippen molar-refractivity contribution in [2.75, 3.05) is 0 Å². The lowest BCUT2D eigenvalue weighted by atomic mass is 9.85. The summed E-state index contributed by atoms with van der Waals surface area (Å²) < 4.78 is 38.4. The highest BCUT2D eigenvalue weighted by Gasteiger charge is 2.44. The van der Waals surface area contributed by atoms with Gasteiger partial charge in [-0.2, -0.15) is 13.2 Å². The van der Waals surface area contributed by atoms with E-state index in [0.29, 0.717) is 11.3 Å². The standard InChI is InChI=1S/C24H27F3N4O4/c1-23(2,3)19(31-22(35)24(25,26)27)21(34)30-17(13-15-9-5-4-6-10-15)18(32)20(33)29-14-16-11-7-8-12-28-16/h4-12,17,19H,13-14H2,1-3H3,(H,29,33)(H,30,34)(H,31,35)/t17-,19-/m1/s1. The lowest BCUT2D eigenvalue weighted by molar-refractivity contribution is -0.175. The molecule has 1 aromatic heterocycles. The van der Waals surface area contributed by atoms with Gasteiger partial charge in [-0.3, -0.25) is 24.2 Å². The molecule has 0 fully saturated rings. The van der Waals surface area contributed by atoms with E-state index in [-0.39, 0.29) is 13.0 Å². The van der Waals surface area contributed by atoms with Crippen LogP contribution in [0, 0.1) is 5.41 Å². The number of hydrogen-bond acceptors (Lipinski definition) is 5. The zero-order valence-corrected chi connectivity index (χ0v) is 19.5. The molecular weight excluding hydrogens is 465 g/mol. The van der Waals surface area contributed by atoms with Crippen molar-refractivity contribution in [1.82, 2.24) is 20.9 Å². The molecule has 2 aromatic rings. The first-order valence-corrected chi connectivity index (χ1v) is 10.7. The average molecular weight is 492 g/mol. The van der Waals surface area contributed by atoms with Crippen LogP contribution in [0.4, 0.5) is 13.2 Å². The minimum Gasteiger partial charge on any atom is -0.344 e. The van der Waals surface area contributed by atoms with Crippen LogP contribution in [0.1, 0.15) is 32.0 Å². The second-order valence-electron chi connectivity index (χ2n) is 8.89. The number of amides is 3. The number of halogens is 3. The van der Waals surface area contributed by atoms with Gasteiger partial charge in [0.25, 0.3) is 5.91 Å². The third kappa shape index (κ3) is 8.51. The first-order valence-electron chi connectivity index (χ1n) is 10.7. The number of carbonyl (C=O) groups is 4. The van der Waals surface area contributed by atoms with Gasteiger partial charge in [0.05, 0.1) is 12.2 Å². The Morgan fingerprint density at radius 2 is 1.54 bits per heavy atom. The maximum Gasteiger partial charge on any atom is 0.471 e. The molecule has 188 valence electrons. The van der Waals surface area contributed by atoms with Crippen LogP contribution >= 0.6 is 0 Å². The summed E-state index contributed by atoms with van der Waals surface area (Å²) in [6, 6.07) is 10.5. The van der Waals surface area contributed by atoms with Crippen LogP contribution < -0.4 is 16.0 Å². The van der Waals surface area contributed by atoms with Crippen LogP contribution in [0.25, 0.3) is 0 Å². The number of carbonyl (C=O) groups excluding carboxylic acids is 4. The van der Waals surface area contributed by atoms with Crippen LogP contribution in [0.3, 0.4) is 0 Å². The molecule has 0 saturated carbocycles. The lowest BCUT2D eigenvalue weighted by Gasteiger charge is -2.32. The highest BCUT2D eigenvalue weighted by atomic mass is 19.4. The molecule has 0 spiro atoms. The predicted octanol–water partition coefficient (Wildman–Crippen LogP) is 2.09. The molecule has 2 rings (SSSR count). The summed E-state index contributed by atoms with van der Waals surface area (Å²) in [5, 5.41) is 6.47. The molecule has 0 bridgehead atoms. The van der Waals surface area contributed by atoms with Crippen molar-refractivity contribution in [2.24, 2.45) is 5.41 Å². The van der Waals surface area contributed by atoms with Gasteiger partial charge in [0.15, 0.2) is 0 Å². The summed E-state index contributed by atoms with van der Waals surface area (Å²) in [4.78, 5) is 54.0. The second kappa shape index (κ2) is 11.6. The number of aromatic nitrogens is 1. The van der Waals surface area contributed by atoms with Gasteiger partial charge in [-0.25, -0.2) is 0 Å². The summed E-state index contributed by atoms with van der Waals surface area (Å²) in [5.41, 5.74) is -0.0256. The van der Waals surface area contributed by atoms with Gasteiger partial charge >= 0.3 is 12.1 Å². The second-order valence-corrected chi connectivity index (χ2v) is 8.89. The Hall–Kier alpha value is -3.76. The molecule has 1 heterocycles. The third-order valence-electron chi connectivity index (χ3n) is 4.96. The molecule has 0 unspecified atom stereocenters. The smallest absolute Gasteiger partial charge is 0.344 e. The molecule has 0 aliphatic carbocycles. The molecule has 3 N–H and O–H groups in total. The Bertz CT molecular complexity index is 1040. The SMILES string of the molecule is CC(C)(C)[C@H](NC(=O)C(F)(F)F)C(=O)N[C@H](Cc1ccccc1)C(=O)C(=O)NCc1ccccn1. The average Bonchev–Trinajstić information content (AvgIpc) is 2.79. The van der Waals surface area contributed by atoms with Crippen molar-refractivity contribution < 1.29 is 32.3 Å². The maximum atomic E-state index is 13.0. The largest absolute Gasteiger partial charge is 0.471 e. The van der Waals surface area contributed by atoms with Crippen LogP contribution in [0.2, 0.25) is 0 Å². The normalized spacial score (nSPS) is 13.3. The summed E-state index contributed by atoms with van der Waals surface area (Å²) in [5.74, 6) is -5.30. The molecule has 3 amide bonds. The van der Waals surface area contributed by atoms with E-state index in [2.05, 4.69) is 15.6 Å². The van der Waals surface area contributed by atoms with Gasteiger partial charge in [-0.1, -0.05) is 57.2 Å². The van der Waals surface area contributed by atoms with Gasteiger partial charge in [0.2, 0.25) is 11.7 Å². The van der Waals surface area contributed by atoms with Gasteiger partial charge < -0.3 is 16.0 Å². The fraction of sp³-hybridized carbons (Fsp3) is 0.375. The highest BCUT2D eigenvalue weighted by molar-refractivity contribution is 6.38. The predicted molar refractivity (Wildman–Crippen MR) is 121 cm³/mol. The Labute approximate surface area is 200 Å². The fourth-order valence-corrected chi connectivity index (χ4v) is 3.12. The molecule has 8 nitrogen and oxygen atoms in total. The number of ketones is 1. The van der Waals surface area contributed by atoms with Gasteiger partial charge in [0.1, 0.15) is 12.1 Å². The Morgan fingerprint density at radius 3 is 2.09 bits per heavy atom. The Kier molecular flexibility index (Phi) is 9.10. The van der Waals surface area contributed by atoms with Crippen molar-refractivity contribution in [1.29, 1.82) is 0 Å². The number of hydrogen-bond donors (Lipinski definition) is 3. The minimum absolute atomic E-state index is 0.0380. The van der Waals surface area contributed by atoms with Crippen molar-refractivity contribution in [3.8, 4) is 0 Å². The number of rotatable bonds is 9. The quantitative estimate of drug-likeness (QED) is 0.464. The van der Waals surface area contributed by atoms with Crippen molar-refractivity contribution in [3.63, 3.8) is 0 Å². The number of nitrogens with zero attached hydrogens (tertiary/aromatic N) is 1. The first-order chi connectivity index (χ1) is 16.3. The molecule has 0 radical (unpaired) electrons. The van der Waals surface area contributed by atoms with E-state index in [1.54, 1.807) is 53.8 Å². The van der Waals surface area contributed by atoms with Crippen LogP contribution in [0.5, 0.6) is 0 Å². The summed E-state index contributed by atoms with van der Waals surface area (Å²) in [7, 11) is 0. The number of benzene rings is 1. The highest BCUT2D eigenvalue weighted by Crippen LogP contribution is 2.22. The van der Waals surface area contributed by atoms with Crippen LogP contribution in [-0.2, 0) is 32.1 Å². The summed E-state index contributed by atoms with van der Waals surface area (Å²) >= 11 is 0. The molecule has 35 heavy (non-hydrogen) atoms. The molecule has 1 aromatic carbocycles. The van der Waals surface area contributed by atoms with Crippen LogP contribution in [-0.4, -0.2) is 46.7 Å². The van der Waals surface area contributed by atoms with E-state index >= 15 is 0 Å².